The highest BCUT2D eigenvalue weighted by molar-refractivity contribution is 7.99. The molecular formula is C24H28Cl3F3N4O6S3. The Balaban J connectivity index is 1.77. The van der Waals surface area contributed by atoms with Crippen molar-refractivity contribution in [2.75, 3.05) is 50.4 Å². The van der Waals surface area contributed by atoms with E-state index in [9.17, 15) is 34.8 Å². The minimum Gasteiger partial charge on any atom is -0.445 e. The molecule has 1 amide bonds. The van der Waals surface area contributed by atoms with Crippen LogP contribution < -0.4 is 10.5 Å². The monoisotopic (exact) mass is 726 g/mol. The van der Waals surface area contributed by atoms with Crippen LogP contribution in [0.2, 0.25) is 0 Å². The molecule has 0 bridgehead atoms. The fourth-order valence-electron chi connectivity index (χ4n) is 4.00. The fourth-order valence-corrected chi connectivity index (χ4v) is 6.72. The smallest absolute Gasteiger partial charge is 0.445 e. The number of nitrogens with two attached hydrogens (primary N) is 1. The molecule has 10 nitrogen and oxygen atoms in total. The molecule has 0 aromatic heterocycles. The number of nitrogens with zero attached hydrogens (tertiary/aromatic N) is 2. The van der Waals surface area contributed by atoms with Crippen LogP contribution >= 0.6 is 46.6 Å². The van der Waals surface area contributed by atoms with E-state index in [-0.39, 0.29) is 0 Å². The summed E-state index contributed by atoms with van der Waals surface area (Å²) in [4.78, 5) is 14.6. The first-order chi connectivity index (χ1) is 19.9. The number of amides is 1. The maximum absolute atomic E-state index is 13.6. The predicted molar refractivity (Wildman–Crippen MR) is 160 cm³/mol. The van der Waals surface area contributed by atoms with E-state index in [1.165, 1.54) is 16.7 Å². The summed E-state index contributed by atoms with van der Waals surface area (Å²) in [6.07, 6.45) is -0.272. The van der Waals surface area contributed by atoms with Gasteiger partial charge in [0, 0.05) is 49.4 Å². The number of halogens is 6. The van der Waals surface area contributed by atoms with Crippen LogP contribution in [0.1, 0.15) is 6.42 Å². The first kappa shape index (κ1) is 35.8. The van der Waals surface area contributed by atoms with Crippen molar-refractivity contribution in [1.82, 2.24) is 9.80 Å². The lowest BCUT2D eigenvalue weighted by atomic mass is 10.2. The summed E-state index contributed by atoms with van der Waals surface area (Å²) in [5.41, 5.74) is -6.10. The average molecular weight is 728 g/mol. The molecule has 1 aliphatic rings. The van der Waals surface area contributed by atoms with Crippen LogP contribution in [0.3, 0.4) is 0 Å². The van der Waals surface area contributed by atoms with Crippen LogP contribution in [0.25, 0.3) is 0 Å². The minimum absolute atomic E-state index is 0.318. The lowest BCUT2D eigenvalue weighted by molar-refractivity contribution is -0.0435. The molecule has 1 atom stereocenters. The van der Waals surface area contributed by atoms with Crippen LogP contribution in [0, 0.1) is 0 Å². The van der Waals surface area contributed by atoms with Gasteiger partial charge in [0.05, 0.1) is 10.6 Å². The number of ether oxygens (including phenoxy) is 1. The molecule has 0 unspecified atom stereocenters. The zero-order valence-corrected chi connectivity index (χ0v) is 27.0. The number of sulfonamides is 1. The van der Waals surface area contributed by atoms with Crippen molar-refractivity contribution in [3.63, 3.8) is 0 Å². The van der Waals surface area contributed by atoms with Gasteiger partial charge < -0.3 is 15.0 Å². The number of thioether (sulfide) groups is 1. The van der Waals surface area contributed by atoms with Crippen molar-refractivity contribution in [3.8, 4) is 0 Å². The average Bonchev–Trinajstić information content (AvgIpc) is 2.92. The number of hydrogen-bond donors (Lipinski definition) is 2. The van der Waals surface area contributed by atoms with E-state index in [4.69, 9.17) is 44.7 Å². The Morgan fingerprint density at radius 3 is 2.21 bits per heavy atom. The number of carbonyl (C=O) groups is 1. The highest BCUT2D eigenvalue weighted by Gasteiger charge is 2.48. The Hall–Kier alpha value is -1.66. The second-order valence-electron chi connectivity index (χ2n) is 9.40. The number of sulfone groups is 1. The summed E-state index contributed by atoms with van der Waals surface area (Å²) >= 11 is 18.2. The van der Waals surface area contributed by atoms with Crippen LogP contribution in [0.15, 0.2) is 63.2 Å². The zero-order chi connectivity index (χ0) is 32.1. The number of carbonyl (C=O) groups excluding carboxylic acids is 1. The maximum Gasteiger partial charge on any atom is 0.501 e. The lowest BCUT2D eigenvalue weighted by Gasteiger charge is -2.35. The van der Waals surface area contributed by atoms with Gasteiger partial charge in [-0.1, -0.05) is 53.0 Å². The molecule has 1 aliphatic heterocycles. The number of piperazine rings is 1. The van der Waals surface area contributed by atoms with Gasteiger partial charge in [0.2, 0.25) is 13.8 Å². The fraction of sp³-hybridized carbons (Fsp3) is 0.458. The largest absolute Gasteiger partial charge is 0.501 e. The molecule has 43 heavy (non-hydrogen) atoms. The van der Waals surface area contributed by atoms with E-state index < -0.39 is 63.4 Å². The number of primary sulfonamides is 1. The van der Waals surface area contributed by atoms with Gasteiger partial charge in [-0.25, -0.2) is 26.8 Å². The Kier molecular flexibility index (Phi) is 12.2. The third kappa shape index (κ3) is 10.7. The molecule has 1 heterocycles. The molecule has 0 radical (unpaired) electrons. The topological polar surface area (TPSA) is 139 Å². The van der Waals surface area contributed by atoms with E-state index in [1.54, 1.807) is 0 Å². The number of hydrogen-bond acceptors (Lipinski definition) is 9. The lowest BCUT2D eigenvalue weighted by Crippen LogP contribution is -2.49. The molecule has 2 aromatic carbocycles. The van der Waals surface area contributed by atoms with E-state index in [2.05, 4.69) is 5.32 Å². The Bertz CT molecular complexity index is 1470. The Labute approximate surface area is 266 Å². The molecule has 0 spiro atoms. The van der Waals surface area contributed by atoms with Gasteiger partial charge in [0.25, 0.3) is 9.84 Å². The van der Waals surface area contributed by atoms with E-state index in [0.717, 1.165) is 17.0 Å². The summed E-state index contributed by atoms with van der Waals surface area (Å²) in [6, 6.07) is 10.9. The molecule has 0 saturated carbocycles. The van der Waals surface area contributed by atoms with Gasteiger partial charge in [-0.3, -0.25) is 4.90 Å². The van der Waals surface area contributed by atoms with Crippen molar-refractivity contribution < 1.29 is 39.5 Å². The van der Waals surface area contributed by atoms with Crippen molar-refractivity contribution in [3.05, 3.63) is 48.5 Å². The normalized spacial score (nSPS) is 16.1. The van der Waals surface area contributed by atoms with Crippen molar-refractivity contribution in [2.24, 2.45) is 5.14 Å². The van der Waals surface area contributed by atoms with E-state index in [1.807, 2.05) is 35.2 Å². The Morgan fingerprint density at radius 2 is 1.65 bits per heavy atom. The third-order valence-corrected chi connectivity index (χ3v) is 10.2. The molecule has 3 N–H and O–H groups in total. The molecular weight excluding hydrogens is 700 g/mol. The third-order valence-electron chi connectivity index (χ3n) is 6.21. The highest BCUT2D eigenvalue weighted by Crippen LogP contribution is 2.36. The van der Waals surface area contributed by atoms with Gasteiger partial charge in [-0.15, -0.1) is 11.8 Å². The second-order valence-corrected chi connectivity index (χ2v) is 16.5. The van der Waals surface area contributed by atoms with Crippen LogP contribution in [-0.4, -0.2) is 93.2 Å². The zero-order valence-electron chi connectivity index (χ0n) is 22.3. The van der Waals surface area contributed by atoms with Gasteiger partial charge in [-0.05, 0) is 36.8 Å². The van der Waals surface area contributed by atoms with Gasteiger partial charge in [0.1, 0.15) is 11.5 Å². The number of nitrogens with one attached hydrogen (secondary N) is 1. The molecule has 0 aliphatic carbocycles. The molecule has 19 heteroatoms. The van der Waals surface area contributed by atoms with Crippen LogP contribution in [0.5, 0.6) is 0 Å². The Morgan fingerprint density at radius 1 is 1.02 bits per heavy atom. The van der Waals surface area contributed by atoms with Crippen molar-refractivity contribution >= 4 is 78.2 Å². The molecule has 2 aromatic rings. The number of anilines is 1. The van der Waals surface area contributed by atoms with Crippen LogP contribution in [-0.2, 0) is 24.6 Å². The first-order valence-electron chi connectivity index (χ1n) is 12.5. The molecule has 3 rings (SSSR count). The summed E-state index contributed by atoms with van der Waals surface area (Å²) in [6.45, 7) is 1.58. The quantitative estimate of drug-likeness (QED) is 0.249. The van der Waals surface area contributed by atoms with Crippen molar-refractivity contribution in [1.29, 1.82) is 0 Å². The van der Waals surface area contributed by atoms with Crippen molar-refractivity contribution in [2.45, 2.75) is 36.4 Å². The second kappa shape index (κ2) is 14.6. The summed E-state index contributed by atoms with van der Waals surface area (Å²) < 4.78 is 92.4. The van der Waals surface area contributed by atoms with Gasteiger partial charge >= 0.3 is 11.6 Å². The van der Waals surface area contributed by atoms with E-state index >= 15 is 0 Å². The summed E-state index contributed by atoms with van der Waals surface area (Å²) in [5.74, 6) is 0.329. The predicted octanol–water partition coefficient (Wildman–Crippen LogP) is 4.71. The van der Waals surface area contributed by atoms with Gasteiger partial charge in [0.15, 0.2) is 0 Å². The number of rotatable bonds is 11. The van der Waals surface area contributed by atoms with Gasteiger partial charge in [-0.2, -0.15) is 13.2 Å². The summed E-state index contributed by atoms with van der Waals surface area (Å²) in [7, 11) is -10.4. The minimum atomic E-state index is -5.94. The highest BCUT2D eigenvalue weighted by atomic mass is 35.6. The molecule has 1 fully saturated rings. The number of benzene rings is 2. The standard InChI is InChI=1S/C24H28Cl3F3N4O6S3/c25-23(26,27)16-40-22(35)34-12-10-33(11-13-34)9-8-17(15-41-18-4-2-1-3-5-18)32-20-7-6-19(43(31,38)39)14-21(20)42(36,37)24(28,29)30/h1-7,14,17,32H,8-13,15-16H2,(H2,31,38,39)/t17-/m1/s1. The molecule has 1 saturated heterocycles. The van der Waals surface area contributed by atoms with E-state index in [0.29, 0.717) is 51.0 Å². The summed E-state index contributed by atoms with van der Waals surface area (Å²) in [5, 5.41) is 7.94. The molecule has 240 valence electrons. The first-order valence-corrected chi connectivity index (χ1v) is 17.6. The number of alkyl halides is 6. The SMILES string of the molecule is NS(=O)(=O)c1ccc(N[C@H](CCN2CCN(C(=O)OCC(Cl)(Cl)Cl)CC2)CSc2ccccc2)c(S(=O)(=O)C(F)(F)F)c1. The van der Waals surface area contributed by atoms with Crippen LogP contribution in [0.4, 0.5) is 23.7 Å². The maximum atomic E-state index is 13.6.